The van der Waals surface area contributed by atoms with Crippen molar-refractivity contribution in [3.63, 3.8) is 0 Å². The molecule has 0 N–H and O–H groups in total. The zero-order chi connectivity index (χ0) is 17.0. The number of ether oxygens (including phenoxy) is 3. The van der Waals surface area contributed by atoms with Gasteiger partial charge in [0.05, 0.1) is 7.11 Å². The summed E-state index contributed by atoms with van der Waals surface area (Å²) >= 11 is 3.50. The molecule has 0 aliphatic carbocycles. The number of carbonyl (C=O) groups is 1. The predicted octanol–water partition coefficient (Wildman–Crippen LogP) is 4.24. The van der Waals surface area contributed by atoms with Gasteiger partial charge < -0.3 is 19.1 Å². The van der Waals surface area contributed by atoms with E-state index < -0.39 is 5.60 Å². The summed E-state index contributed by atoms with van der Waals surface area (Å²) in [6, 6.07) is 5.68. The van der Waals surface area contributed by atoms with E-state index in [4.69, 9.17) is 14.2 Å². The highest BCUT2D eigenvalue weighted by molar-refractivity contribution is 9.10. The molecule has 6 heteroatoms. The van der Waals surface area contributed by atoms with Gasteiger partial charge in [-0.2, -0.15) is 0 Å². The number of amides is 1. The molecule has 0 bridgehead atoms. The SMILES string of the molecule is COc1cccc(OC2CCN(C(=O)OC(C)(C)C)CC2)c1Br. The third-order valence-electron chi connectivity index (χ3n) is 3.54. The van der Waals surface area contributed by atoms with Gasteiger partial charge in [0.2, 0.25) is 0 Å². The number of hydrogen-bond donors (Lipinski definition) is 0. The van der Waals surface area contributed by atoms with Crippen LogP contribution in [0.3, 0.4) is 0 Å². The first-order valence-corrected chi connectivity index (χ1v) is 8.56. The fourth-order valence-electron chi connectivity index (χ4n) is 2.40. The molecule has 5 nitrogen and oxygen atoms in total. The molecule has 1 aromatic rings. The molecule has 0 atom stereocenters. The second-order valence-electron chi connectivity index (χ2n) is 6.56. The monoisotopic (exact) mass is 385 g/mol. The highest BCUT2D eigenvalue weighted by Gasteiger charge is 2.28. The van der Waals surface area contributed by atoms with E-state index in [2.05, 4.69) is 15.9 Å². The molecule has 1 aromatic carbocycles. The lowest BCUT2D eigenvalue weighted by Crippen LogP contribution is -2.44. The Balaban J connectivity index is 1.89. The number of carbonyl (C=O) groups excluding carboxylic acids is 1. The standard InChI is InChI=1S/C17H24BrNO4/c1-17(2,3)23-16(20)19-10-8-12(9-11-19)22-14-7-5-6-13(21-4)15(14)18/h5-7,12H,8-11H2,1-4H3. The van der Waals surface area contributed by atoms with Gasteiger partial charge in [-0.1, -0.05) is 6.07 Å². The van der Waals surface area contributed by atoms with Crippen LogP contribution in [0.2, 0.25) is 0 Å². The maximum Gasteiger partial charge on any atom is 0.410 e. The number of rotatable bonds is 3. The zero-order valence-electron chi connectivity index (χ0n) is 14.1. The highest BCUT2D eigenvalue weighted by atomic mass is 79.9. The lowest BCUT2D eigenvalue weighted by atomic mass is 10.1. The Morgan fingerprint density at radius 3 is 2.39 bits per heavy atom. The minimum absolute atomic E-state index is 0.0806. The molecule has 0 radical (unpaired) electrons. The molecular weight excluding hydrogens is 362 g/mol. The number of methoxy groups -OCH3 is 1. The Kier molecular flexibility index (Phi) is 5.79. The molecule has 1 fully saturated rings. The van der Waals surface area contributed by atoms with Gasteiger partial charge in [-0.05, 0) is 48.8 Å². The summed E-state index contributed by atoms with van der Waals surface area (Å²) in [6.45, 7) is 6.91. The normalized spacial score (nSPS) is 16.1. The van der Waals surface area contributed by atoms with Crippen molar-refractivity contribution in [1.82, 2.24) is 4.90 Å². The van der Waals surface area contributed by atoms with Gasteiger partial charge in [0.15, 0.2) is 0 Å². The van der Waals surface area contributed by atoms with Crippen LogP contribution in [-0.2, 0) is 4.74 Å². The van der Waals surface area contributed by atoms with Crippen molar-refractivity contribution in [3.8, 4) is 11.5 Å². The van der Waals surface area contributed by atoms with E-state index in [1.807, 2.05) is 39.0 Å². The van der Waals surface area contributed by atoms with Gasteiger partial charge in [0.25, 0.3) is 0 Å². The third-order valence-corrected chi connectivity index (χ3v) is 4.32. The van der Waals surface area contributed by atoms with Crippen molar-refractivity contribution in [2.24, 2.45) is 0 Å². The fraction of sp³-hybridized carbons (Fsp3) is 0.588. The maximum absolute atomic E-state index is 12.1. The molecule has 0 spiro atoms. The molecule has 0 saturated carbocycles. The molecule has 1 saturated heterocycles. The van der Waals surface area contributed by atoms with E-state index in [0.29, 0.717) is 13.1 Å². The van der Waals surface area contributed by atoms with Crippen molar-refractivity contribution >= 4 is 22.0 Å². The van der Waals surface area contributed by atoms with E-state index in [0.717, 1.165) is 28.8 Å². The zero-order valence-corrected chi connectivity index (χ0v) is 15.7. The summed E-state index contributed by atoms with van der Waals surface area (Å²) in [5, 5.41) is 0. The van der Waals surface area contributed by atoms with Crippen LogP contribution in [0.5, 0.6) is 11.5 Å². The Hall–Kier alpha value is -1.43. The highest BCUT2D eigenvalue weighted by Crippen LogP contribution is 2.35. The summed E-state index contributed by atoms with van der Waals surface area (Å²) in [6.07, 6.45) is 1.39. The average molecular weight is 386 g/mol. The summed E-state index contributed by atoms with van der Waals surface area (Å²) < 4.78 is 17.5. The number of benzene rings is 1. The Bertz CT molecular complexity index is 548. The first-order chi connectivity index (χ1) is 10.8. The van der Waals surface area contributed by atoms with Gasteiger partial charge >= 0.3 is 6.09 Å². The summed E-state index contributed by atoms with van der Waals surface area (Å²) in [5.74, 6) is 1.51. The number of hydrogen-bond acceptors (Lipinski definition) is 4. The van der Waals surface area contributed by atoms with Gasteiger partial charge in [-0.25, -0.2) is 4.79 Å². The molecule has 2 rings (SSSR count). The number of likely N-dealkylation sites (tertiary alicyclic amines) is 1. The predicted molar refractivity (Wildman–Crippen MR) is 92.2 cm³/mol. The van der Waals surface area contributed by atoms with E-state index >= 15 is 0 Å². The van der Waals surface area contributed by atoms with Crippen molar-refractivity contribution < 1.29 is 19.0 Å². The molecule has 0 unspecified atom stereocenters. The molecule has 1 amide bonds. The first kappa shape index (κ1) is 17.9. The molecule has 23 heavy (non-hydrogen) atoms. The Morgan fingerprint density at radius 2 is 1.83 bits per heavy atom. The molecular formula is C17H24BrNO4. The molecule has 0 aromatic heterocycles. The van der Waals surface area contributed by atoms with Gasteiger partial charge in [0, 0.05) is 25.9 Å². The van der Waals surface area contributed by atoms with Crippen LogP contribution < -0.4 is 9.47 Å². The first-order valence-electron chi connectivity index (χ1n) is 7.77. The van der Waals surface area contributed by atoms with E-state index in [-0.39, 0.29) is 12.2 Å². The van der Waals surface area contributed by atoms with Crippen molar-refractivity contribution in [3.05, 3.63) is 22.7 Å². The second kappa shape index (κ2) is 7.43. The van der Waals surface area contributed by atoms with Crippen molar-refractivity contribution in [2.75, 3.05) is 20.2 Å². The Morgan fingerprint density at radius 1 is 1.22 bits per heavy atom. The van der Waals surface area contributed by atoms with Crippen molar-refractivity contribution in [2.45, 2.75) is 45.3 Å². The van der Waals surface area contributed by atoms with Gasteiger partial charge in [-0.3, -0.25) is 0 Å². The minimum atomic E-state index is -0.462. The second-order valence-corrected chi connectivity index (χ2v) is 7.35. The number of piperidine rings is 1. The smallest absolute Gasteiger partial charge is 0.410 e. The number of nitrogens with zero attached hydrogens (tertiary/aromatic N) is 1. The molecule has 1 heterocycles. The largest absolute Gasteiger partial charge is 0.495 e. The van der Waals surface area contributed by atoms with E-state index in [1.165, 1.54) is 0 Å². The van der Waals surface area contributed by atoms with E-state index in [9.17, 15) is 4.79 Å². The van der Waals surface area contributed by atoms with Crippen LogP contribution in [0.15, 0.2) is 22.7 Å². The average Bonchev–Trinajstić information content (AvgIpc) is 2.48. The van der Waals surface area contributed by atoms with Gasteiger partial charge in [-0.15, -0.1) is 0 Å². The van der Waals surface area contributed by atoms with Crippen LogP contribution in [-0.4, -0.2) is 42.9 Å². The van der Waals surface area contributed by atoms with Crippen LogP contribution >= 0.6 is 15.9 Å². The molecule has 1 aliphatic heterocycles. The summed E-state index contributed by atoms with van der Waals surface area (Å²) in [4.78, 5) is 13.8. The quantitative estimate of drug-likeness (QED) is 0.780. The van der Waals surface area contributed by atoms with E-state index in [1.54, 1.807) is 12.0 Å². The fourth-order valence-corrected chi connectivity index (χ4v) is 2.92. The van der Waals surface area contributed by atoms with Crippen LogP contribution in [0, 0.1) is 0 Å². The number of halogens is 1. The minimum Gasteiger partial charge on any atom is -0.495 e. The molecule has 128 valence electrons. The third kappa shape index (κ3) is 5.03. The van der Waals surface area contributed by atoms with Crippen molar-refractivity contribution in [1.29, 1.82) is 0 Å². The summed E-state index contributed by atoms with van der Waals surface area (Å²) in [7, 11) is 1.63. The van der Waals surface area contributed by atoms with Crippen LogP contribution in [0.4, 0.5) is 4.79 Å². The lowest BCUT2D eigenvalue weighted by Gasteiger charge is -2.33. The Labute approximate surface area is 146 Å². The van der Waals surface area contributed by atoms with Crippen LogP contribution in [0.1, 0.15) is 33.6 Å². The van der Waals surface area contributed by atoms with Crippen LogP contribution in [0.25, 0.3) is 0 Å². The topological polar surface area (TPSA) is 48.0 Å². The van der Waals surface area contributed by atoms with Gasteiger partial charge in [0.1, 0.15) is 27.7 Å². The summed E-state index contributed by atoms with van der Waals surface area (Å²) in [5.41, 5.74) is -0.462. The maximum atomic E-state index is 12.1. The lowest BCUT2D eigenvalue weighted by molar-refractivity contribution is 0.0126. The molecule has 1 aliphatic rings.